The van der Waals surface area contributed by atoms with Crippen molar-refractivity contribution in [2.24, 2.45) is 0 Å². The van der Waals surface area contributed by atoms with Crippen molar-refractivity contribution < 1.29 is 4.28 Å². The van der Waals surface area contributed by atoms with Crippen LogP contribution in [-0.4, -0.2) is 13.5 Å². The van der Waals surface area contributed by atoms with Crippen molar-refractivity contribution in [3.8, 4) is 5.75 Å². The van der Waals surface area contributed by atoms with E-state index in [0.29, 0.717) is 0 Å². The minimum absolute atomic E-state index is 1.18. The predicted octanol–water partition coefficient (Wildman–Crippen LogP) is 6.90. The van der Waals surface area contributed by atoms with Crippen molar-refractivity contribution >= 4 is 39.6 Å². The van der Waals surface area contributed by atoms with Crippen molar-refractivity contribution in [2.75, 3.05) is 7.11 Å². The van der Waals surface area contributed by atoms with Gasteiger partial charge in [0.25, 0.3) is 0 Å². The summed E-state index contributed by atoms with van der Waals surface area (Å²) >= 11 is 0. The van der Waals surface area contributed by atoms with E-state index in [1.165, 1.54) is 49.6 Å². The Bertz CT molecular complexity index is 1520. The second kappa shape index (κ2) is 8.07. The van der Waals surface area contributed by atoms with Gasteiger partial charge in [-0.3, -0.25) is 0 Å². The van der Waals surface area contributed by atoms with E-state index in [2.05, 4.69) is 146 Å². The highest BCUT2D eigenvalue weighted by molar-refractivity contribution is 7.12. The summed E-state index contributed by atoms with van der Waals surface area (Å²) in [4.78, 5) is 0. The van der Waals surface area contributed by atoms with E-state index >= 15 is 0 Å². The zero-order valence-electron chi connectivity index (χ0n) is 19.6. The highest BCUT2D eigenvalue weighted by Crippen LogP contribution is 2.45. The fourth-order valence-corrected chi connectivity index (χ4v) is 5.77. The zero-order chi connectivity index (χ0) is 23.1. The molecular formula is C32H27BO. The summed E-state index contributed by atoms with van der Waals surface area (Å²) in [6.45, 7) is 2.15. The molecule has 0 aromatic heterocycles. The molecule has 34 heavy (non-hydrogen) atoms. The van der Waals surface area contributed by atoms with E-state index in [1.54, 1.807) is 0 Å². The van der Waals surface area contributed by atoms with E-state index < -0.39 is 6.35 Å². The van der Waals surface area contributed by atoms with Gasteiger partial charge >= 0.3 is 6.35 Å². The Labute approximate surface area is 201 Å². The van der Waals surface area contributed by atoms with Gasteiger partial charge in [-0.2, -0.15) is 0 Å². The molecule has 1 aliphatic rings. The lowest BCUT2D eigenvalue weighted by Crippen LogP contribution is -2.65. The minimum atomic E-state index is -1.50. The number of benzene rings is 5. The van der Waals surface area contributed by atoms with Crippen molar-refractivity contribution in [2.45, 2.75) is 6.92 Å². The Morgan fingerprint density at radius 1 is 0.588 bits per heavy atom. The fraction of sp³-hybridized carbons (Fsp3) is 0.0625. The number of rotatable bonds is 3. The molecule has 0 N–H and O–H groups in total. The lowest BCUT2D eigenvalue weighted by Gasteiger charge is -2.54. The first-order valence-electron chi connectivity index (χ1n) is 11.9. The highest BCUT2D eigenvalue weighted by atomic mass is 16.6. The number of hydrogen-bond donors (Lipinski definition) is 0. The molecule has 5 aromatic carbocycles. The molecule has 1 nitrogen and oxygen atoms in total. The van der Waals surface area contributed by atoms with Crippen LogP contribution in [-0.2, 0) is 4.28 Å². The van der Waals surface area contributed by atoms with E-state index in [0.717, 1.165) is 0 Å². The van der Waals surface area contributed by atoms with Crippen LogP contribution in [0.25, 0.3) is 22.3 Å². The molecule has 5 aromatic rings. The van der Waals surface area contributed by atoms with Gasteiger partial charge in [0.1, 0.15) is 7.11 Å². The maximum atomic E-state index is 3.63. The molecule has 0 bridgehead atoms. The molecule has 6 rings (SSSR count). The van der Waals surface area contributed by atoms with Crippen LogP contribution in [0.4, 0.5) is 0 Å². The van der Waals surface area contributed by atoms with Crippen molar-refractivity contribution in [1.82, 2.24) is 0 Å². The minimum Gasteiger partial charge on any atom is -0.810 e. The van der Waals surface area contributed by atoms with Crippen LogP contribution in [0.3, 0.4) is 0 Å². The van der Waals surface area contributed by atoms with E-state index in [4.69, 9.17) is 0 Å². The maximum Gasteiger partial charge on any atom is 0.414 e. The third-order valence-corrected chi connectivity index (χ3v) is 7.44. The standard InChI is InChI=1S/C32H27BO/c1-24-16-20-30(21-17-24)33(29-13-4-3-5-14-29)31(23-28-12-8-9-15-32(28)34(33)2)27-19-18-25-10-6-7-11-26(25)22-27/h3-23H,1-2H3. The van der Waals surface area contributed by atoms with Gasteiger partial charge < -0.3 is 4.28 Å². The normalized spacial score (nSPS) is 17.4. The van der Waals surface area contributed by atoms with Gasteiger partial charge in [0.15, 0.2) is 0 Å². The maximum absolute atomic E-state index is 3.63. The van der Waals surface area contributed by atoms with Gasteiger partial charge in [-0.15, -0.1) is 10.9 Å². The van der Waals surface area contributed by atoms with Crippen LogP contribution in [0.1, 0.15) is 16.7 Å². The highest BCUT2D eigenvalue weighted by Gasteiger charge is 2.49. The first-order chi connectivity index (χ1) is 16.7. The topological polar surface area (TPSA) is 2.70 Å². The molecule has 0 amide bonds. The lowest BCUT2D eigenvalue weighted by atomic mass is 9.26. The second-order valence-corrected chi connectivity index (χ2v) is 9.37. The quantitative estimate of drug-likeness (QED) is 0.213. The van der Waals surface area contributed by atoms with E-state index in [-0.39, 0.29) is 0 Å². The number of aryl methyl sites for hydroxylation is 1. The summed E-state index contributed by atoms with van der Waals surface area (Å²) in [5.74, 6) is 1.18. The average Bonchev–Trinajstić information content (AvgIpc) is 2.90. The first-order valence-corrected chi connectivity index (χ1v) is 11.9. The van der Waals surface area contributed by atoms with Crippen LogP contribution in [0.5, 0.6) is 5.75 Å². The smallest absolute Gasteiger partial charge is 0.414 e. The molecule has 0 radical (unpaired) electrons. The fourth-order valence-electron chi connectivity index (χ4n) is 5.77. The SMILES string of the molecule is Cc1ccc([B-]2(c3ccccc3)C(c3ccc4ccccc4c3)=Cc3ccccc3[O+]2C)cc1. The molecule has 1 aliphatic heterocycles. The molecule has 2 heteroatoms. The van der Waals surface area contributed by atoms with Gasteiger partial charge in [0.2, 0.25) is 5.75 Å². The Hall–Kier alpha value is -4.04. The van der Waals surface area contributed by atoms with E-state index in [1.807, 2.05) is 0 Å². The van der Waals surface area contributed by atoms with E-state index in [9.17, 15) is 0 Å². The Morgan fingerprint density at radius 2 is 1.24 bits per heavy atom. The number of fused-ring (bicyclic) bond motifs is 2. The lowest BCUT2D eigenvalue weighted by molar-refractivity contribution is 0.174. The van der Waals surface area contributed by atoms with Crippen molar-refractivity contribution in [3.63, 3.8) is 0 Å². The molecule has 1 heterocycles. The van der Waals surface area contributed by atoms with Crippen LogP contribution in [0, 0.1) is 6.92 Å². The Kier molecular flexibility index (Phi) is 4.88. The third kappa shape index (κ3) is 3.10. The summed E-state index contributed by atoms with van der Waals surface area (Å²) in [5.41, 5.74) is 7.62. The predicted molar refractivity (Wildman–Crippen MR) is 147 cm³/mol. The van der Waals surface area contributed by atoms with Gasteiger partial charge in [0.05, 0.1) is 5.56 Å². The molecule has 164 valence electrons. The van der Waals surface area contributed by atoms with Crippen LogP contribution >= 0.6 is 0 Å². The Morgan fingerprint density at radius 3 is 2.03 bits per heavy atom. The van der Waals surface area contributed by atoms with Crippen LogP contribution in [0.2, 0.25) is 0 Å². The average molecular weight is 438 g/mol. The molecule has 0 saturated heterocycles. The molecule has 0 spiro atoms. The van der Waals surface area contributed by atoms with Gasteiger partial charge in [-0.25, -0.2) is 0 Å². The van der Waals surface area contributed by atoms with Gasteiger partial charge in [-0.05, 0) is 29.8 Å². The molecule has 0 fully saturated rings. The van der Waals surface area contributed by atoms with Gasteiger partial charge in [-0.1, -0.05) is 126 Å². The van der Waals surface area contributed by atoms with Crippen LogP contribution < -0.4 is 10.9 Å². The molecule has 1 atom stereocenters. The first kappa shape index (κ1) is 20.6. The largest absolute Gasteiger partial charge is 0.810 e. The molecule has 0 saturated carbocycles. The van der Waals surface area contributed by atoms with Crippen LogP contribution in [0.15, 0.2) is 121 Å². The van der Waals surface area contributed by atoms with Crippen molar-refractivity contribution in [3.05, 3.63) is 138 Å². The number of hydrogen-bond acceptors (Lipinski definition) is 0. The second-order valence-electron chi connectivity index (χ2n) is 9.37. The summed E-state index contributed by atoms with van der Waals surface area (Å²) in [5, 5.41) is 2.52. The summed E-state index contributed by atoms with van der Waals surface area (Å²) in [7, 11) is 2.18. The zero-order valence-corrected chi connectivity index (χ0v) is 19.6. The Balaban J connectivity index is 1.73. The van der Waals surface area contributed by atoms with Gasteiger partial charge in [0, 0.05) is 6.07 Å². The molecule has 1 unspecified atom stereocenters. The summed E-state index contributed by atoms with van der Waals surface area (Å²) < 4.78 is 3.63. The number of para-hydroxylation sites is 1. The molecular weight excluding hydrogens is 411 g/mol. The molecule has 0 aliphatic carbocycles. The monoisotopic (exact) mass is 438 g/mol. The van der Waals surface area contributed by atoms with Crippen molar-refractivity contribution in [1.29, 1.82) is 0 Å². The summed E-state index contributed by atoms with van der Waals surface area (Å²) in [6.07, 6.45) is 0.903. The third-order valence-electron chi connectivity index (χ3n) is 7.44. The summed E-state index contributed by atoms with van der Waals surface area (Å²) in [6, 6.07) is 44.2.